The summed E-state index contributed by atoms with van der Waals surface area (Å²) in [6.45, 7) is 3.38. The van der Waals surface area contributed by atoms with Crippen molar-refractivity contribution in [3.63, 3.8) is 0 Å². The smallest absolute Gasteiger partial charge is 0.133 e. The number of carbonyl (C=O) groups excluding carboxylic acids is 1. The normalized spacial score (nSPS) is 10.8. The largest absolute Gasteiger partial charge is 0.383 e. The Morgan fingerprint density at radius 2 is 2.29 bits per heavy atom. The van der Waals surface area contributed by atoms with Crippen LogP contribution in [0.2, 0.25) is 0 Å². The quantitative estimate of drug-likeness (QED) is 0.741. The number of ether oxygens (including phenoxy) is 1. The van der Waals surface area contributed by atoms with E-state index in [-0.39, 0.29) is 0 Å². The Bertz CT molecular complexity index is 363. The Balaban J connectivity index is 2.56. The highest BCUT2D eigenvalue weighted by Gasteiger charge is 2.10. The van der Waals surface area contributed by atoms with Crippen molar-refractivity contribution < 1.29 is 9.53 Å². The van der Waals surface area contributed by atoms with Gasteiger partial charge in [0, 0.05) is 20.0 Å². The van der Waals surface area contributed by atoms with E-state index in [1.807, 2.05) is 11.6 Å². The zero-order valence-electron chi connectivity index (χ0n) is 10.4. The van der Waals surface area contributed by atoms with Gasteiger partial charge in [-0.25, -0.2) is 0 Å². The zero-order chi connectivity index (χ0) is 12.7. The zero-order valence-corrected chi connectivity index (χ0v) is 12.0. The molecule has 0 spiro atoms. The predicted octanol–water partition coefficient (Wildman–Crippen LogP) is 2.59. The predicted molar refractivity (Wildman–Crippen MR) is 70.0 cm³/mol. The number of halogens is 1. The van der Waals surface area contributed by atoms with Crippen LogP contribution in [0.4, 0.5) is 0 Å². The summed E-state index contributed by atoms with van der Waals surface area (Å²) in [4.78, 5) is 11.5. The van der Waals surface area contributed by atoms with Gasteiger partial charge >= 0.3 is 0 Å². The van der Waals surface area contributed by atoms with Crippen molar-refractivity contribution >= 4 is 21.7 Å². The maximum atomic E-state index is 11.5. The first-order valence-electron chi connectivity index (χ1n) is 5.89. The monoisotopic (exact) mass is 302 g/mol. The van der Waals surface area contributed by atoms with Crippen molar-refractivity contribution in [2.75, 3.05) is 13.7 Å². The molecule has 0 radical (unpaired) electrons. The second-order valence-corrected chi connectivity index (χ2v) is 4.80. The van der Waals surface area contributed by atoms with Crippen LogP contribution in [0.5, 0.6) is 0 Å². The second kappa shape index (κ2) is 7.61. The second-order valence-electron chi connectivity index (χ2n) is 3.94. The fourth-order valence-corrected chi connectivity index (χ4v) is 2.16. The molecule has 0 unspecified atom stereocenters. The number of carbonyl (C=O) groups is 1. The molecule has 4 nitrogen and oxygen atoms in total. The molecule has 0 saturated carbocycles. The lowest BCUT2D eigenvalue weighted by Gasteiger charge is -2.07. The molecule has 17 heavy (non-hydrogen) atoms. The third-order valence-corrected chi connectivity index (χ3v) is 3.24. The molecule has 0 fully saturated rings. The summed E-state index contributed by atoms with van der Waals surface area (Å²) in [6, 6.07) is 0. The molecule has 0 aliphatic heterocycles. The molecule has 0 aliphatic carbocycles. The summed E-state index contributed by atoms with van der Waals surface area (Å²) in [6.07, 6.45) is 4.69. The van der Waals surface area contributed by atoms with Crippen LogP contribution >= 0.6 is 15.9 Å². The molecular formula is C12H19BrN2O2. The third-order valence-electron chi connectivity index (χ3n) is 2.57. The first kappa shape index (κ1) is 14.4. The minimum absolute atomic E-state index is 0.318. The van der Waals surface area contributed by atoms with Gasteiger partial charge < -0.3 is 4.74 Å². The average molecular weight is 303 g/mol. The fraction of sp³-hybridized carbons (Fsp3) is 0.667. The molecular weight excluding hydrogens is 284 g/mol. The van der Waals surface area contributed by atoms with E-state index in [1.165, 1.54) is 0 Å². The van der Waals surface area contributed by atoms with E-state index in [1.54, 1.807) is 13.3 Å². The molecule has 5 heteroatoms. The van der Waals surface area contributed by atoms with Crippen LogP contribution in [-0.2, 0) is 22.5 Å². The number of methoxy groups -OCH3 is 1. The Morgan fingerprint density at radius 1 is 1.53 bits per heavy atom. The van der Waals surface area contributed by atoms with Gasteiger partial charge in [0.15, 0.2) is 0 Å². The van der Waals surface area contributed by atoms with Gasteiger partial charge in [-0.15, -0.1) is 0 Å². The van der Waals surface area contributed by atoms with E-state index in [4.69, 9.17) is 4.74 Å². The highest BCUT2D eigenvalue weighted by atomic mass is 79.9. The Morgan fingerprint density at radius 3 is 2.94 bits per heavy atom. The molecule has 0 amide bonds. The highest BCUT2D eigenvalue weighted by molar-refractivity contribution is 9.10. The van der Waals surface area contributed by atoms with Crippen molar-refractivity contribution in [3.8, 4) is 0 Å². The Labute approximate surface area is 110 Å². The molecule has 1 rings (SSSR count). The van der Waals surface area contributed by atoms with E-state index in [0.717, 1.165) is 29.6 Å². The van der Waals surface area contributed by atoms with Crippen molar-refractivity contribution in [2.45, 2.75) is 39.2 Å². The Hall–Kier alpha value is -0.680. The average Bonchev–Trinajstić information content (AvgIpc) is 2.65. The molecule has 0 atom stereocenters. The van der Waals surface area contributed by atoms with Crippen LogP contribution in [0, 0.1) is 0 Å². The number of Topliss-reactive ketones (excluding diaryl/α,β-unsaturated/α-hetero) is 1. The number of ketones is 1. The van der Waals surface area contributed by atoms with Crippen LogP contribution in [0.3, 0.4) is 0 Å². The number of aromatic nitrogens is 2. The first-order valence-corrected chi connectivity index (χ1v) is 6.69. The summed E-state index contributed by atoms with van der Waals surface area (Å²) in [7, 11) is 1.67. The van der Waals surface area contributed by atoms with Crippen LogP contribution < -0.4 is 0 Å². The van der Waals surface area contributed by atoms with Crippen molar-refractivity contribution in [1.29, 1.82) is 0 Å². The van der Waals surface area contributed by atoms with Crippen LogP contribution in [0.25, 0.3) is 0 Å². The molecule has 1 heterocycles. The fourth-order valence-electron chi connectivity index (χ4n) is 1.67. The molecule has 1 aromatic rings. The summed E-state index contributed by atoms with van der Waals surface area (Å²) < 4.78 is 7.90. The molecule has 0 saturated heterocycles. The lowest BCUT2D eigenvalue weighted by Crippen LogP contribution is -2.11. The molecule has 96 valence electrons. The minimum Gasteiger partial charge on any atom is -0.383 e. The standard InChI is InChI=1S/C12H19BrN2O2/c1-3-4-10(16)5-6-12-11(13)9-14-15(12)7-8-17-2/h9H,3-8H2,1-2H3. The highest BCUT2D eigenvalue weighted by Crippen LogP contribution is 2.18. The van der Waals surface area contributed by atoms with E-state index in [2.05, 4.69) is 21.0 Å². The number of nitrogens with zero attached hydrogens (tertiary/aromatic N) is 2. The first-order chi connectivity index (χ1) is 8.19. The van der Waals surface area contributed by atoms with Crippen LogP contribution in [0.1, 0.15) is 31.9 Å². The van der Waals surface area contributed by atoms with Crippen molar-refractivity contribution in [1.82, 2.24) is 9.78 Å². The summed E-state index contributed by atoms with van der Waals surface area (Å²) in [5.41, 5.74) is 1.08. The van der Waals surface area contributed by atoms with Gasteiger partial charge in [-0.05, 0) is 28.8 Å². The van der Waals surface area contributed by atoms with Gasteiger partial charge in [-0.2, -0.15) is 5.10 Å². The molecule has 0 aliphatic rings. The molecule has 0 N–H and O–H groups in total. The van der Waals surface area contributed by atoms with Gasteiger partial charge in [0.25, 0.3) is 0 Å². The van der Waals surface area contributed by atoms with Gasteiger partial charge in [-0.3, -0.25) is 9.48 Å². The van der Waals surface area contributed by atoms with E-state index < -0.39 is 0 Å². The Kier molecular flexibility index (Phi) is 6.44. The van der Waals surface area contributed by atoms with Crippen LogP contribution in [0.15, 0.2) is 10.7 Å². The van der Waals surface area contributed by atoms with E-state index >= 15 is 0 Å². The minimum atomic E-state index is 0.318. The number of rotatable bonds is 8. The van der Waals surface area contributed by atoms with Crippen molar-refractivity contribution in [3.05, 3.63) is 16.4 Å². The van der Waals surface area contributed by atoms with E-state index in [9.17, 15) is 4.79 Å². The molecule has 1 aromatic heterocycles. The SMILES string of the molecule is CCCC(=O)CCc1c(Br)cnn1CCOC. The number of hydrogen-bond acceptors (Lipinski definition) is 3. The van der Waals surface area contributed by atoms with Crippen LogP contribution in [-0.4, -0.2) is 29.3 Å². The summed E-state index contributed by atoms with van der Waals surface area (Å²) in [5, 5.41) is 4.26. The van der Waals surface area contributed by atoms with E-state index in [0.29, 0.717) is 25.2 Å². The third kappa shape index (κ3) is 4.60. The lowest BCUT2D eigenvalue weighted by molar-refractivity contribution is -0.119. The van der Waals surface area contributed by atoms with Gasteiger partial charge in [0.1, 0.15) is 5.78 Å². The van der Waals surface area contributed by atoms with Gasteiger partial charge in [0.2, 0.25) is 0 Å². The maximum Gasteiger partial charge on any atom is 0.133 e. The molecule has 0 aromatic carbocycles. The number of hydrogen-bond donors (Lipinski definition) is 0. The van der Waals surface area contributed by atoms with Gasteiger partial charge in [-0.1, -0.05) is 6.92 Å². The lowest BCUT2D eigenvalue weighted by atomic mass is 10.1. The van der Waals surface area contributed by atoms with Gasteiger partial charge in [0.05, 0.1) is 29.5 Å². The maximum absolute atomic E-state index is 11.5. The topological polar surface area (TPSA) is 44.1 Å². The molecule has 0 bridgehead atoms. The van der Waals surface area contributed by atoms with Crippen molar-refractivity contribution in [2.24, 2.45) is 0 Å². The summed E-state index contributed by atoms with van der Waals surface area (Å²) in [5.74, 6) is 0.318. The summed E-state index contributed by atoms with van der Waals surface area (Å²) >= 11 is 3.46.